The Morgan fingerprint density at radius 1 is 0.914 bits per heavy atom. The van der Waals surface area contributed by atoms with Crippen LogP contribution in [0, 0.1) is 17.8 Å². The van der Waals surface area contributed by atoms with Gasteiger partial charge in [-0.25, -0.2) is 0 Å². The highest BCUT2D eigenvalue weighted by Gasteiger charge is 2.42. The molecule has 0 saturated carbocycles. The lowest BCUT2D eigenvalue weighted by atomic mass is 9.88. The van der Waals surface area contributed by atoms with Crippen molar-refractivity contribution in [3.63, 3.8) is 0 Å². The van der Waals surface area contributed by atoms with Crippen molar-refractivity contribution in [2.75, 3.05) is 52.6 Å². The number of aromatic nitrogens is 1. The molecular weight excluding hydrogens is 927 g/mol. The number of aliphatic hydroxyl groups is 2. The van der Waals surface area contributed by atoms with Crippen LogP contribution in [0.25, 0.3) is 10.9 Å². The van der Waals surface area contributed by atoms with Gasteiger partial charge in [0.25, 0.3) is 11.8 Å². The van der Waals surface area contributed by atoms with Gasteiger partial charge in [-0.05, 0) is 48.8 Å². The topological polar surface area (TPSA) is 313 Å². The molecule has 0 spiro atoms. The number of carbonyl (C=O) groups excluding carboxylic acids is 9. The molecule has 3 aliphatic rings. The molecule has 1 saturated heterocycles. The normalized spacial score (nSPS) is 20.5. The third-order valence-corrected chi connectivity index (χ3v) is 13.9. The summed E-state index contributed by atoms with van der Waals surface area (Å²) in [4.78, 5) is 123. The number of imide groups is 1. The summed E-state index contributed by atoms with van der Waals surface area (Å²) in [6, 6.07) is 2.58. The van der Waals surface area contributed by atoms with Gasteiger partial charge >= 0.3 is 0 Å². The Hall–Kier alpha value is -6.14. The van der Waals surface area contributed by atoms with Crippen LogP contribution < -0.4 is 42.5 Å². The third-order valence-electron chi connectivity index (χ3n) is 13.1. The molecule has 3 aliphatic heterocycles. The summed E-state index contributed by atoms with van der Waals surface area (Å²) in [5.74, 6) is -5.97. The average molecular weight is 994 g/mol. The van der Waals surface area contributed by atoms with Crippen molar-refractivity contribution in [1.29, 1.82) is 0 Å². The Morgan fingerprint density at radius 2 is 1.61 bits per heavy atom. The number of fused-ring (bicyclic) bond motifs is 1. The van der Waals surface area contributed by atoms with Crippen molar-refractivity contribution in [3.05, 3.63) is 53.8 Å². The lowest BCUT2D eigenvalue weighted by Gasteiger charge is -2.35. The third kappa shape index (κ3) is 14.0. The maximum atomic E-state index is 14.7. The van der Waals surface area contributed by atoms with E-state index in [-0.39, 0.29) is 58.0 Å². The Bertz CT molecular complexity index is 2310. The van der Waals surface area contributed by atoms with E-state index < -0.39 is 108 Å². The Morgan fingerprint density at radius 3 is 2.26 bits per heavy atom. The molecule has 1 fully saturated rings. The van der Waals surface area contributed by atoms with Crippen LogP contribution in [0.5, 0.6) is 0 Å². The first-order valence-corrected chi connectivity index (χ1v) is 24.7. The standard InChI is InChI=1S/C47H67N11O11S/c1-7-25(2)41(44(67)50-20-28-16-29(24-60)52-28)56-38(63)21-51-43(66)34(18-32-31-10-8-9-11-33(31)54-46(32)70-6)53-45(68)42(27(4)26(3)23-59)55-36-17-30(61)22-58(36)47(69)35(48-5)19-37(62)49-14-15-57-39(64)12-13-40(57)65/h8-13,16,24-27,29-30,34-36,41-42,48,52,54-55,59,61H,7,14-15,17-23H2,1-6H3,(H,49,62)(H,50,67)(H,51,66)(H,53,68)(H,56,63)/t25-,26-,27-,29-,30+,34+,35-,36-,41-,42-/m0/s1. The molecule has 23 heteroatoms. The number of likely N-dealkylation sites (N-methyl/N-ethyl adjacent to an activating group) is 1. The van der Waals surface area contributed by atoms with Crippen LogP contribution in [0.1, 0.15) is 52.5 Å². The lowest BCUT2D eigenvalue weighted by Crippen LogP contribution is -2.61. The van der Waals surface area contributed by atoms with E-state index >= 15 is 0 Å². The van der Waals surface area contributed by atoms with Crippen LogP contribution in [0.2, 0.25) is 0 Å². The Balaban J connectivity index is 1.33. The number of rotatable bonds is 27. The molecular formula is C47H67N11O11S. The number of thioether (sulfide) groups is 1. The minimum Gasteiger partial charge on any atom is -0.396 e. The minimum atomic E-state index is -1.28. The molecule has 0 radical (unpaired) electrons. The first-order chi connectivity index (χ1) is 33.4. The number of benzene rings is 1. The van der Waals surface area contributed by atoms with E-state index in [1.54, 1.807) is 26.8 Å². The molecule has 5 rings (SSSR count). The highest BCUT2D eigenvalue weighted by molar-refractivity contribution is 7.98. The second-order valence-corrected chi connectivity index (χ2v) is 18.7. The zero-order chi connectivity index (χ0) is 51.2. The number of aromatic amines is 1. The lowest BCUT2D eigenvalue weighted by molar-refractivity contribution is -0.138. The van der Waals surface area contributed by atoms with E-state index in [4.69, 9.17) is 0 Å². The van der Waals surface area contributed by atoms with E-state index in [0.29, 0.717) is 12.1 Å². The number of carbonyl (C=O) groups is 9. The molecule has 11 N–H and O–H groups in total. The number of aliphatic hydroxyl groups excluding tert-OH is 2. The van der Waals surface area contributed by atoms with Gasteiger partial charge in [0.15, 0.2) is 0 Å². The molecule has 0 unspecified atom stereocenters. The van der Waals surface area contributed by atoms with Gasteiger partial charge in [0.1, 0.15) is 24.4 Å². The van der Waals surface area contributed by atoms with Gasteiger partial charge < -0.3 is 62.1 Å². The van der Waals surface area contributed by atoms with E-state index in [9.17, 15) is 53.4 Å². The van der Waals surface area contributed by atoms with Crippen molar-refractivity contribution in [3.8, 4) is 0 Å². The van der Waals surface area contributed by atoms with Gasteiger partial charge in [0.2, 0.25) is 35.4 Å². The first kappa shape index (κ1) is 54.8. The second kappa shape index (κ2) is 25.6. The quantitative estimate of drug-likeness (QED) is 0.0260. The van der Waals surface area contributed by atoms with Crippen LogP contribution in [0.3, 0.4) is 0 Å². The average Bonchev–Trinajstić information content (AvgIpc) is 4.00. The number of nitrogens with one attached hydrogen (secondary N) is 9. The monoisotopic (exact) mass is 993 g/mol. The van der Waals surface area contributed by atoms with Crippen LogP contribution in [0.15, 0.2) is 53.2 Å². The fourth-order valence-electron chi connectivity index (χ4n) is 8.46. The number of hydrogen-bond donors (Lipinski definition) is 11. The number of aldehydes is 1. The summed E-state index contributed by atoms with van der Waals surface area (Å²) in [5, 5.41) is 45.4. The fourth-order valence-corrected chi connectivity index (χ4v) is 9.11. The van der Waals surface area contributed by atoms with E-state index in [1.807, 2.05) is 37.4 Å². The number of H-pyrrole nitrogens is 1. The molecule has 4 heterocycles. The van der Waals surface area contributed by atoms with Gasteiger partial charge in [-0.15, -0.1) is 11.8 Å². The number of amides is 8. The fraction of sp³-hybridized carbons (Fsp3) is 0.553. The molecule has 10 atom stereocenters. The predicted octanol–water partition coefficient (Wildman–Crippen LogP) is -2.10. The summed E-state index contributed by atoms with van der Waals surface area (Å²) < 4.78 is 0. The maximum absolute atomic E-state index is 14.7. The minimum absolute atomic E-state index is 0.000798. The van der Waals surface area contributed by atoms with Crippen molar-refractivity contribution in [1.82, 2.24) is 57.3 Å². The van der Waals surface area contributed by atoms with Crippen LogP contribution in [-0.2, 0) is 49.6 Å². The molecule has 0 aliphatic carbocycles. The summed E-state index contributed by atoms with van der Waals surface area (Å²) >= 11 is 1.41. The number of likely N-dealkylation sites (tertiary alicyclic amines) is 1. The molecule has 1 aromatic carbocycles. The predicted molar refractivity (Wildman–Crippen MR) is 259 cm³/mol. The zero-order valence-corrected chi connectivity index (χ0v) is 41.2. The second-order valence-electron chi connectivity index (χ2n) is 17.9. The van der Waals surface area contributed by atoms with Crippen LogP contribution >= 0.6 is 11.8 Å². The zero-order valence-electron chi connectivity index (χ0n) is 40.3. The Labute approximate surface area is 410 Å². The molecule has 8 amide bonds. The highest BCUT2D eigenvalue weighted by Crippen LogP contribution is 2.30. The number of nitrogens with zero attached hydrogens (tertiary/aromatic N) is 2. The maximum Gasteiger partial charge on any atom is 0.253 e. The molecule has 382 valence electrons. The summed E-state index contributed by atoms with van der Waals surface area (Å²) in [6.07, 6.45) is 4.78. The summed E-state index contributed by atoms with van der Waals surface area (Å²) in [6.45, 7) is 6.16. The number of hydrogen-bond acceptors (Lipinski definition) is 15. The highest BCUT2D eigenvalue weighted by atomic mass is 32.2. The molecule has 70 heavy (non-hydrogen) atoms. The van der Waals surface area contributed by atoms with Crippen molar-refractivity contribution < 1.29 is 53.4 Å². The number of β-amino-alcohol motifs (C(OH)–C–C–N with tert-alkyl or cyclic N) is 1. The van der Waals surface area contributed by atoms with Crippen LogP contribution in [0.4, 0.5) is 0 Å². The van der Waals surface area contributed by atoms with E-state index in [1.165, 1.54) is 23.7 Å². The van der Waals surface area contributed by atoms with Crippen LogP contribution in [-0.4, -0.2) is 174 Å². The number of para-hydroxylation sites is 1. The largest absolute Gasteiger partial charge is 0.396 e. The van der Waals surface area contributed by atoms with Gasteiger partial charge in [-0.2, -0.15) is 0 Å². The first-order valence-electron chi connectivity index (χ1n) is 23.5. The summed E-state index contributed by atoms with van der Waals surface area (Å²) in [7, 11) is 1.49. The van der Waals surface area contributed by atoms with Gasteiger partial charge in [-0.3, -0.25) is 48.6 Å². The van der Waals surface area contributed by atoms with E-state index in [0.717, 1.165) is 44.8 Å². The van der Waals surface area contributed by atoms with Crippen molar-refractivity contribution in [2.24, 2.45) is 17.8 Å². The smallest absolute Gasteiger partial charge is 0.253 e. The molecule has 1 aromatic heterocycles. The van der Waals surface area contributed by atoms with Gasteiger partial charge in [-0.1, -0.05) is 52.3 Å². The molecule has 2 aromatic rings. The van der Waals surface area contributed by atoms with Gasteiger partial charge in [0, 0.05) is 67.8 Å². The van der Waals surface area contributed by atoms with Crippen molar-refractivity contribution >= 4 is 76.2 Å². The van der Waals surface area contributed by atoms with E-state index in [2.05, 4.69) is 47.5 Å². The van der Waals surface area contributed by atoms with Gasteiger partial charge in [0.05, 0.1) is 48.9 Å². The molecule has 0 bridgehead atoms. The summed E-state index contributed by atoms with van der Waals surface area (Å²) in [5.41, 5.74) is 2.19. The van der Waals surface area contributed by atoms with Crippen molar-refractivity contribution in [2.45, 2.75) is 101 Å². The Kier molecular flexibility index (Phi) is 20.1. The SMILES string of the molecule is CC[C@H](C)[C@H](NC(=O)CNC(=O)[C@@H](Cc1c(SC)[nH]c2ccccc12)NC(=O)[C@@H](N[C@@H]1C[C@@H](O)CN1C(=O)[C@H](CC(=O)NCCN1C(=O)C=CC1=O)NC)[C@@H](C)[C@@H](C)CO)C(=O)NCC1=C[C@@H](C=O)N1. The molecule has 22 nitrogen and oxygen atoms in total.